The Morgan fingerprint density at radius 1 is 1.11 bits per heavy atom. The maximum Gasteiger partial charge on any atom is 0.325 e. The average Bonchev–Trinajstić information content (AvgIpc) is 2.38. The van der Waals surface area contributed by atoms with Crippen LogP contribution in [0.1, 0.15) is 13.8 Å². The van der Waals surface area contributed by atoms with Gasteiger partial charge in [0.05, 0.1) is 0 Å². The Balaban J connectivity index is 3.03. The first kappa shape index (κ1) is 14.8. The molecule has 0 unspecified atom stereocenters. The molecule has 0 aromatic heterocycles. The Labute approximate surface area is 111 Å². The van der Waals surface area contributed by atoms with E-state index in [1.54, 1.807) is 0 Å². The number of carboxylic acids is 1. The first-order valence-corrected chi connectivity index (χ1v) is 6.06. The van der Waals surface area contributed by atoms with Gasteiger partial charge in [-0.15, -0.1) is 0 Å². The summed E-state index contributed by atoms with van der Waals surface area (Å²) in [6.07, 6.45) is 0. The fraction of sp³-hybridized carbons (Fsp3) is 0.385. The number of carbonyl (C=O) groups is 2. The van der Waals surface area contributed by atoms with Crippen molar-refractivity contribution in [3.05, 3.63) is 24.3 Å². The predicted molar refractivity (Wildman–Crippen MR) is 71.4 cm³/mol. The van der Waals surface area contributed by atoms with Crippen molar-refractivity contribution in [1.29, 1.82) is 0 Å². The lowest BCUT2D eigenvalue weighted by Gasteiger charge is -2.28. The van der Waals surface area contributed by atoms with E-state index in [0.29, 0.717) is 18.8 Å². The number of aliphatic carboxylic acids is 1. The van der Waals surface area contributed by atoms with Crippen molar-refractivity contribution in [3.8, 4) is 5.75 Å². The summed E-state index contributed by atoms with van der Waals surface area (Å²) < 4.78 is 0. The molecule has 1 aromatic carbocycles. The largest absolute Gasteiger partial charge is 0.508 e. The number of phenolic OH excluding ortho intramolecular Hbond substituents is 1. The van der Waals surface area contributed by atoms with E-state index in [1.165, 1.54) is 34.1 Å². The molecule has 0 atom stereocenters. The summed E-state index contributed by atoms with van der Waals surface area (Å²) in [5.74, 6) is -1.03. The molecule has 0 saturated carbocycles. The summed E-state index contributed by atoms with van der Waals surface area (Å²) in [4.78, 5) is 25.9. The lowest BCUT2D eigenvalue weighted by Crippen LogP contribution is -2.45. The van der Waals surface area contributed by atoms with Gasteiger partial charge in [0, 0.05) is 18.8 Å². The van der Waals surface area contributed by atoms with Crippen LogP contribution in [-0.4, -0.2) is 46.7 Å². The lowest BCUT2D eigenvalue weighted by molar-refractivity contribution is -0.135. The van der Waals surface area contributed by atoms with Crippen molar-refractivity contribution >= 4 is 17.7 Å². The fourth-order valence-corrected chi connectivity index (χ4v) is 1.70. The molecule has 1 aromatic rings. The molecule has 2 N–H and O–H groups in total. The zero-order valence-electron chi connectivity index (χ0n) is 11.0. The molecular formula is C13H18N2O4. The van der Waals surface area contributed by atoms with Gasteiger partial charge in [0.15, 0.2) is 0 Å². The van der Waals surface area contributed by atoms with Crippen molar-refractivity contribution in [1.82, 2.24) is 4.90 Å². The van der Waals surface area contributed by atoms with Gasteiger partial charge in [0.25, 0.3) is 0 Å². The van der Waals surface area contributed by atoms with E-state index in [-0.39, 0.29) is 11.8 Å². The Morgan fingerprint density at radius 2 is 1.63 bits per heavy atom. The molecule has 19 heavy (non-hydrogen) atoms. The minimum Gasteiger partial charge on any atom is -0.508 e. The number of amides is 2. The first-order valence-electron chi connectivity index (χ1n) is 6.06. The number of carboxylic acid groups (broad SMARTS) is 1. The normalized spacial score (nSPS) is 10.0. The van der Waals surface area contributed by atoms with Crippen LogP contribution in [0.4, 0.5) is 10.5 Å². The van der Waals surface area contributed by atoms with Crippen LogP contribution in [0.5, 0.6) is 5.75 Å². The van der Waals surface area contributed by atoms with E-state index in [9.17, 15) is 14.7 Å². The van der Waals surface area contributed by atoms with Gasteiger partial charge in [0.2, 0.25) is 0 Å². The molecule has 0 bridgehead atoms. The van der Waals surface area contributed by atoms with Gasteiger partial charge in [-0.25, -0.2) is 4.79 Å². The standard InChI is InChI=1S/C13H18N2O4/c1-3-14(4-2)13(19)15(9-12(17)18)10-5-7-11(16)8-6-10/h5-8,16H,3-4,9H2,1-2H3,(H,17,18). The third-order valence-corrected chi connectivity index (χ3v) is 2.72. The number of benzene rings is 1. The van der Waals surface area contributed by atoms with Gasteiger partial charge in [-0.2, -0.15) is 0 Å². The zero-order valence-corrected chi connectivity index (χ0v) is 11.0. The zero-order chi connectivity index (χ0) is 14.4. The number of hydrogen-bond acceptors (Lipinski definition) is 3. The van der Waals surface area contributed by atoms with E-state index >= 15 is 0 Å². The highest BCUT2D eigenvalue weighted by molar-refractivity contribution is 5.96. The summed E-state index contributed by atoms with van der Waals surface area (Å²) >= 11 is 0. The number of aromatic hydroxyl groups is 1. The van der Waals surface area contributed by atoms with Crippen LogP contribution in [0.15, 0.2) is 24.3 Å². The minimum atomic E-state index is -1.09. The van der Waals surface area contributed by atoms with Crippen LogP contribution in [0, 0.1) is 0 Å². The third-order valence-electron chi connectivity index (χ3n) is 2.72. The second kappa shape index (κ2) is 6.63. The van der Waals surface area contributed by atoms with Crippen LogP contribution in [0.25, 0.3) is 0 Å². The highest BCUT2D eigenvalue weighted by Gasteiger charge is 2.22. The topological polar surface area (TPSA) is 81.1 Å². The number of phenols is 1. The number of nitrogens with zero attached hydrogens (tertiary/aromatic N) is 2. The third kappa shape index (κ3) is 3.87. The maximum atomic E-state index is 12.3. The summed E-state index contributed by atoms with van der Waals surface area (Å²) in [7, 11) is 0. The molecule has 6 nitrogen and oxygen atoms in total. The van der Waals surface area contributed by atoms with Gasteiger partial charge in [-0.3, -0.25) is 9.69 Å². The molecule has 6 heteroatoms. The average molecular weight is 266 g/mol. The Morgan fingerprint density at radius 3 is 2.05 bits per heavy atom. The monoisotopic (exact) mass is 266 g/mol. The van der Waals surface area contributed by atoms with E-state index in [4.69, 9.17) is 5.11 Å². The molecule has 1 rings (SSSR count). The highest BCUT2D eigenvalue weighted by atomic mass is 16.4. The molecule has 2 amide bonds. The van der Waals surface area contributed by atoms with Crippen molar-refractivity contribution < 1.29 is 19.8 Å². The Bertz CT molecular complexity index is 440. The molecule has 104 valence electrons. The van der Waals surface area contributed by atoms with Gasteiger partial charge in [-0.05, 0) is 38.1 Å². The van der Waals surface area contributed by atoms with Crippen molar-refractivity contribution in [2.24, 2.45) is 0 Å². The molecule has 0 saturated heterocycles. The van der Waals surface area contributed by atoms with E-state index < -0.39 is 12.5 Å². The summed E-state index contributed by atoms with van der Waals surface area (Å²) in [5.41, 5.74) is 0.442. The Kier molecular flexibility index (Phi) is 5.17. The Hall–Kier alpha value is -2.24. The van der Waals surface area contributed by atoms with Crippen LogP contribution in [0.2, 0.25) is 0 Å². The van der Waals surface area contributed by atoms with Crippen LogP contribution < -0.4 is 4.90 Å². The second-order valence-electron chi connectivity index (χ2n) is 3.95. The molecule has 0 aliphatic rings. The number of hydrogen-bond donors (Lipinski definition) is 2. The number of anilines is 1. The van der Waals surface area contributed by atoms with Gasteiger partial charge < -0.3 is 15.1 Å². The van der Waals surface area contributed by atoms with Gasteiger partial charge in [-0.1, -0.05) is 0 Å². The smallest absolute Gasteiger partial charge is 0.325 e. The number of urea groups is 1. The van der Waals surface area contributed by atoms with E-state index in [2.05, 4.69) is 0 Å². The quantitative estimate of drug-likeness (QED) is 0.850. The van der Waals surface area contributed by atoms with Crippen molar-refractivity contribution in [2.45, 2.75) is 13.8 Å². The molecule has 0 spiro atoms. The van der Waals surface area contributed by atoms with Crippen LogP contribution >= 0.6 is 0 Å². The summed E-state index contributed by atoms with van der Waals surface area (Å²) in [6.45, 7) is 4.25. The van der Waals surface area contributed by atoms with E-state index in [0.717, 1.165) is 0 Å². The molecule has 0 heterocycles. The number of rotatable bonds is 5. The molecule has 0 fully saturated rings. The van der Waals surface area contributed by atoms with Crippen molar-refractivity contribution in [2.75, 3.05) is 24.5 Å². The summed E-state index contributed by atoms with van der Waals surface area (Å²) in [5, 5.41) is 18.1. The second-order valence-corrected chi connectivity index (χ2v) is 3.95. The highest BCUT2D eigenvalue weighted by Crippen LogP contribution is 2.19. The predicted octanol–water partition coefficient (Wildman–Crippen LogP) is 1.75. The fourth-order valence-electron chi connectivity index (χ4n) is 1.70. The van der Waals surface area contributed by atoms with E-state index in [1.807, 2.05) is 13.8 Å². The van der Waals surface area contributed by atoms with Crippen molar-refractivity contribution in [3.63, 3.8) is 0 Å². The van der Waals surface area contributed by atoms with Gasteiger partial charge >= 0.3 is 12.0 Å². The SMILES string of the molecule is CCN(CC)C(=O)N(CC(=O)O)c1ccc(O)cc1. The molecule has 0 aliphatic carbocycles. The first-order chi connectivity index (χ1) is 8.99. The van der Waals surface area contributed by atoms with Crippen LogP contribution in [-0.2, 0) is 4.79 Å². The minimum absolute atomic E-state index is 0.0642. The van der Waals surface area contributed by atoms with Gasteiger partial charge in [0.1, 0.15) is 12.3 Å². The summed E-state index contributed by atoms with van der Waals surface area (Å²) in [6, 6.07) is 5.50. The van der Waals surface area contributed by atoms with Crippen LogP contribution in [0.3, 0.4) is 0 Å². The number of carbonyl (C=O) groups excluding carboxylic acids is 1. The molecule has 0 radical (unpaired) electrons. The maximum absolute atomic E-state index is 12.3. The molecular weight excluding hydrogens is 248 g/mol. The lowest BCUT2D eigenvalue weighted by atomic mass is 10.2. The molecule has 0 aliphatic heterocycles.